The number of phosphoric acid groups is 1. The van der Waals surface area contributed by atoms with Gasteiger partial charge in [0, 0.05) is 18.8 Å². The number of aliphatic hydroxyl groups excluding tert-OH is 1. The van der Waals surface area contributed by atoms with Gasteiger partial charge >= 0.3 is 25.7 Å². The number of esters is 2. The van der Waals surface area contributed by atoms with Crippen LogP contribution in [-0.2, 0) is 42.3 Å². The highest BCUT2D eigenvalue weighted by Gasteiger charge is 2.29. The van der Waals surface area contributed by atoms with E-state index in [0.717, 1.165) is 51.4 Å². The number of nitrogens with two attached hydrogens (primary N) is 1. The number of rotatable bonds is 39. The molecule has 0 aromatic rings. The Labute approximate surface area is 360 Å². The lowest BCUT2D eigenvalue weighted by atomic mass is 9.90. The molecular weight excluding hydrogens is 789 g/mol. The number of carbonyl (C=O) groups excluding carboxylic acids is 3. The second-order valence-corrected chi connectivity index (χ2v) is 17.3. The third kappa shape index (κ3) is 30.2. The number of aliphatic carboxylic acids is 1. The molecule has 0 aliphatic heterocycles. The summed E-state index contributed by atoms with van der Waals surface area (Å²) in [5.74, 6) is -2.88. The van der Waals surface area contributed by atoms with Crippen molar-refractivity contribution < 1.29 is 57.4 Å². The average Bonchev–Trinajstić information content (AvgIpc) is 3.57. The molecule has 0 heterocycles. The van der Waals surface area contributed by atoms with Gasteiger partial charge in [-0.25, -0.2) is 4.57 Å². The molecule has 0 fully saturated rings. The van der Waals surface area contributed by atoms with E-state index in [1.165, 1.54) is 57.8 Å². The van der Waals surface area contributed by atoms with Crippen molar-refractivity contribution >= 4 is 31.5 Å². The first-order valence-corrected chi connectivity index (χ1v) is 24.2. The standard InChI is InChI=1S/C46H78NO12P/c1-3-5-7-8-9-10-11-12-13-14-15-16-17-18-19-20-25-29-44(50)56-35-40(36-57-60(54,55)58-37-42(47)46(52)53)59-45(51)30-26-22-21-24-27-38-31-34-43(49)41(38)33-32-39(48)28-23-6-4-2/h12-13,21,24,31-34,38-42,48H,3-11,14-20,22-23,25-30,35-37,47H2,1-2H3,(H,52,53)(H,54,55)/b13-12-,24-21-,33-32+/t38-,39-,40+,41+,42-/m0/s1. The number of unbranched alkanes of at least 4 members (excludes halogenated alkanes) is 16. The van der Waals surface area contributed by atoms with Crippen LogP contribution < -0.4 is 5.73 Å². The summed E-state index contributed by atoms with van der Waals surface area (Å²) < 4.78 is 32.7. The predicted octanol–water partition coefficient (Wildman–Crippen LogP) is 9.79. The fourth-order valence-electron chi connectivity index (χ4n) is 6.58. The van der Waals surface area contributed by atoms with Crippen molar-refractivity contribution in [1.82, 2.24) is 0 Å². The summed E-state index contributed by atoms with van der Waals surface area (Å²) in [7, 11) is -4.78. The van der Waals surface area contributed by atoms with Gasteiger partial charge in [0.15, 0.2) is 11.9 Å². The molecule has 0 saturated carbocycles. The molecule has 0 radical (unpaired) electrons. The zero-order valence-corrected chi connectivity index (χ0v) is 37.5. The van der Waals surface area contributed by atoms with Crippen molar-refractivity contribution in [2.24, 2.45) is 17.6 Å². The van der Waals surface area contributed by atoms with E-state index < -0.39 is 63.8 Å². The van der Waals surface area contributed by atoms with Crippen LogP contribution in [0.15, 0.2) is 48.6 Å². The lowest BCUT2D eigenvalue weighted by molar-refractivity contribution is -0.161. The SMILES string of the molecule is CCCCCCCC/C=C\CCCCCCCCCC(=O)OC[C@H](COP(=O)(O)OC[C@H](N)C(=O)O)OC(=O)CCC/C=C\C[C@H]1C=CC(=O)[C@@H]1/C=C/[C@@H](O)CCCCC. The second kappa shape index (κ2) is 35.6. The summed E-state index contributed by atoms with van der Waals surface area (Å²) in [5, 5.41) is 19.1. The molecule has 1 unspecified atom stereocenters. The Hall–Kier alpha value is -2.93. The van der Waals surface area contributed by atoms with Gasteiger partial charge < -0.3 is 30.3 Å². The van der Waals surface area contributed by atoms with E-state index in [1.807, 2.05) is 18.2 Å². The summed E-state index contributed by atoms with van der Waals surface area (Å²) in [6.07, 6.45) is 36.6. The molecule has 0 saturated heterocycles. The summed E-state index contributed by atoms with van der Waals surface area (Å²) in [4.78, 5) is 58.6. The molecule has 60 heavy (non-hydrogen) atoms. The van der Waals surface area contributed by atoms with Crippen molar-refractivity contribution in [2.45, 2.75) is 186 Å². The van der Waals surface area contributed by atoms with Gasteiger partial charge in [-0.05, 0) is 69.8 Å². The first kappa shape index (κ1) is 55.1. The van der Waals surface area contributed by atoms with Gasteiger partial charge in [-0.1, -0.05) is 140 Å². The molecule has 1 aliphatic rings. The predicted molar refractivity (Wildman–Crippen MR) is 235 cm³/mol. The van der Waals surface area contributed by atoms with Gasteiger partial charge in [-0.2, -0.15) is 0 Å². The van der Waals surface area contributed by atoms with Crippen LogP contribution in [0.3, 0.4) is 0 Å². The Morgan fingerprint density at radius 1 is 0.750 bits per heavy atom. The van der Waals surface area contributed by atoms with Crippen molar-refractivity contribution in [2.75, 3.05) is 19.8 Å². The molecule has 13 nitrogen and oxygen atoms in total. The quantitative estimate of drug-likeness (QED) is 0.0197. The number of carboxylic acids is 1. The zero-order chi connectivity index (χ0) is 44.3. The maximum atomic E-state index is 12.7. The van der Waals surface area contributed by atoms with Crippen molar-refractivity contribution in [1.29, 1.82) is 0 Å². The number of phosphoric ester groups is 1. The summed E-state index contributed by atoms with van der Waals surface area (Å²) in [6, 6.07) is -1.56. The maximum Gasteiger partial charge on any atom is 0.472 e. The monoisotopic (exact) mass is 868 g/mol. The molecule has 0 amide bonds. The molecule has 0 spiro atoms. The number of carbonyl (C=O) groups is 4. The van der Waals surface area contributed by atoms with E-state index in [4.69, 9.17) is 24.8 Å². The van der Waals surface area contributed by atoms with E-state index in [-0.39, 0.29) is 30.5 Å². The molecule has 1 aliphatic carbocycles. The summed E-state index contributed by atoms with van der Waals surface area (Å²) in [6.45, 7) is 2.49. The van der Waals surface area contributed by atoms with E-state index in [1.54, 1.807) is 18.2 Å². The van der Waals surface area contributed by atoms with Crippen molar-refractivity contribution in [3.8, 4) is 0 Å². The Bertz CT molecular complexity index is 1350. The molecule has 0 aromatic heterocycles. The Kier molecular flexibility index (Phi) is 32.7. The van der Waals surface area contributed by atoms with Crippen LogP contribution in [0.25, 0.3) is 0 Å². The maximum absolute atomic E-state index is 12.7. The van der Waals surface area contributed by atoms with Gasteiger partial charge in [0.25, 0.3) is 0 Å². The zero-order valence-electron chi connectivity index (χ0n) is 36.6. The van der Waals surface area contributed by atoms with Crippen LogP contribution in [-0.4, -0.2) is 76.9 Å². The highest BCUT2D eigenvalue weighted by atomic mass is 31.2. The summed E-state index contributed by atoms with van der Waals surface area (Å²) in [5.41, 5.74) is 5.33. The van der Waals surface area contributed by atoms with Crippen LogP contribution in [0.5, 0.6) is 0 Å². The number of allylic oxidation sites excluding steroid dienone is 7. The lowest BCUT2D eigenvalue weighted by Gasteiger charge is -2.20. The number of carboxylic acid groups (broad SMARTS) is 1. The largest absolute Gasteiger partial charge is 0.480 e. The lowest BCUT2D eigenvalue weighted by Crippen LogP contribution is -2.34. The molecular formula is C46H78NO12P. The normalized spacial score (nSPS) is 18.1. The van der Waals surface area contributed by atoms with Crippen LogP contribution in [0, 0.1) is 11.8 Å². The smallest absolute Gasteiger partial charge is 0.472 e. The minimum absolute atomic E-state index is 0.00852. The van der Waals surface area contributed by atoms with Crippen LogP contribution in [0.2, 0.25) is 0 Å². The minimum Gasteiger partial charge on any atom is -0.480 e. The fourth-order valence-corrected chi connectivity index (χ4v) is 7.36. The molecule has 14 heteroatoms. The topological polar surface area (TPSA) is 209 Å². The minimum atomic E-state index is -4.78. The van der Waals surface area contributed by atoms with Crippen molar-refractivity contribution in [3.05, 3.63) is 48.6 Å². The van der Waals surface area contributed by atoms with Gasteiger partial charge in [0.2, 0.25) is 0 Å². The first-order chi connectivity index (χ1) is 28.9. The van der Waals surface area contributed by atoms with Gasteiger partial charge in [0.05, 0.1) is 19.3 Å². The average molecular weight is 868 g/mol. The van der Waals surface area contributed by atoms with Gasteiger partial charge in [0.1, 0.15) is 12.6 Å². The Morgan fingerprint density at radius 3 is 1.95 bits per heavy atom. The molecule has 0 aromatic carbocycles. The second-order valence-electron chi connectivity index (χ2n) is 15.8. The van der Waals surface area contributed by atoms with Crippen LogP contribution in [0.1, 0.15) is 168 Å². The third-order valence-electron chi connectivity index (χ3n) is 10.3. The Balaban J connectivity index is 2.45. The van der Waals surface area contributed by atoms with Crippen LogP contribution in [0.4, 0.5) is 0 Å². The van der Waals surface area contributed by atoms with Gasteiger partial charge in [-0.3, -0.25) is 28.2 Å². The highest BCUT2D eigenvalue weighted by molar-refractivity contribution is 7.47. The van der Waals surface area contributed by atoms with Gasteiger partial charge in [-0.15, -0.1) is 0 Å². The highest BCUT2D eigenvalue weighted by Crippen LogP contribution is 2.43. The molecule has 6 atom stereocenters. The number of ether oxygens (including phenoxy) is 2. The number of hydrogen-bond acceptors (Lipinski definition) is 11. The summed E-state index contributed by atoms with van der Waals surface area (Å²) >= 11 is 0. The first-order valence-electron chi connectivity index (χ1n) is 22.7. The molecule has 5 N–H and O–H groups in total. The number of hydrogen-bond donors (Lipinski definition) is 4. The third-order valence-corrected chi connectivity index (χ3v) is 11.2. The van der Waals surface area contributed by atoms with E-state index in [9.17, 15) is 33.7 Å². The van der Waals surface area contributed by atoms with E-state index in [2.05, 4.69) is 30.5 Å². The number of aliphatic hydroxyl groups is 1. The van der Waals surface area contributed by atoms with Crippen LogP contribution >= 0.6 is 7.82 Å². The van der Waals surface area contributed by atoms with E-state index in [0.29, 0.717) is 32.1 Å². The molecule has 0 bridgehead atoms. The van der Waals surface area contributed by atoms with E-state index >= 15 is 0 Å². The Morgan fingerprint density at radius 2 is 1.30 bits per heavy atom. The number of ketones is 1. The molecule has 344 valence electrons. The van der Waals surface area contributed by atoms with Crippen molar-refractivity contribution in [3.63, 3.8) is 0 Å². The fraction of sp³-hybridized carbons (Fsp3) is 0.739. The molecule has 1 rings (SSSR count).